The summed E-state index contributed by atoms with van der Waals surface area (Å²) in [6, 6.07) is 7.37. The summed E-state index contributed by atoms with van der Waals surface area (Å²) in [5, 5.41) is 0. The molecular weight excluding hydrogens is 295 g/mol. The molecule has 0 spiro atoms. The monoisotopic (exact) mass is 312 g/mol. The van der Waals surface area contributed by atoms with Crippen LogP contribution in [0.2, 0.25) is 0 Å². The van der Waals surface area contributed by atoms with E-state index in [2.05, 4.69) is 4.98 Å². The molecule has 3 aromatic rings. The minimum Gasteiger partial charge on any atom is -0.489 e. The maximum absolute atomic E-state index is 12.4. The molecule has 0 aliphatic heterocycles. The number of nitrogens with zero attached hydrogens (tertiary/aromatic N) is 2. The van der Waals surface area contributed by atoms with Gasteiger partial charge in [0.15, 0.2) is 11.3 Å². The third-order valence-corrected chi connectivity index (χ3v) is 3.94. The molecule has 0 saturated carbocycles. The molecule has 0 aliphatic carbocycles. The van der Waals surface area contributed by atoms with Gasteiger partial charge in [-0.2, -0.15) is 4.98 Å². The summed E-state index contributed by atoms with van der Waals surface area (Å²) < 4.78 is 18.2. The Labute approximate surface area is 134 Å². The summed E-state index contributed by atoms with van der Waals surface area (Å²) in [6.07, 6.45) is 0.776. The van der Waals surface area contributed by atoms with Crippen LogP contribution in [0.5, 0.6) is 17.6 Å². The van der Waals surface area contributed by atoms with Gasteiger partial charge in [-0.3, -0.25) is 4.79 Å². The fraction of sp³-hybridized carbons (Fsp3) is 0.250. The summed E-state index contributed by atoms with van der Waals surface area (Å²) in [7, 11) is 3.16. The molecule has 0 atom stereocenters. The second-order valence-corrected chi connectivity index (χ2v) is 5.19. The normalized spacial score (nSPS) is 10.9. The van der Waals surface area contributed by atoms with Crippen molar-refractivity contribution in [3.05, 3.63) is 45.9 Å². The summed E-state index contributed by atoms with van der Waals surface area (Å²) in [5.41, 5.74) is 2.77. The quantitative estimate of drug-likeness (QED) is 0.690. The number of ether oxygens (including phenoxy) is 2. The molecular formula is C16H17BN2O4. The molecule has 2 aromatic heterocycles. The van der Waals surface area contributed by atoms with Crippen LogP contribution < -0.4 is 15.0 Å². The topological polar surface area (TPSA) is 66.5 Å². The Hall–Kier alpha value is -2.70. The molecule has 0 unspecified atom stereocenters. The predicted octanol–water partition coefficient (Wildman–Crippen LogP) is 2.06. The molecule has 1 aromatic carbocycles. The molecule has 118 valence electrons. The van der Waals surface area contributed by atoms with Crippen LogP contribution in [0.15, 0.2) is 33.5 Å². The highest BCUT2D eigenvalue weighted by Gasteiger charge is 2.21. The van der Waals surface area contributed by atoms with Gasteiger partial charge < -0.3 is 18.4 Å². The van der Waals surface area contributed by atoms with Gasteiger partial charge in [0.05, 0.1) is 7.11 Å². The molecule has 7 heteroatoms. The largest absolute Gasteiger partial charge is 0.489 e. The number of methoxy groups -OCH3 is 1. The summed E-state index contributed by atoms with van der Waals surface area (Å²) in [5.74, 6) is 0.513. The molecule has 0 aliphatic rings. The van der Waals surface area contributed by atoms with Gasteiger partial charge in [0.1, 0.15) is 5.52 Å². The van der Waals surface area contributed by atoms with E-state index in [4.69, 9.17) is 13.9 Å². The predicted molar refractivity (Wildman–Crippen MR) is 89.4 cm³/mol. The lowest BCUT2D eigenvalue weighted by atomic mass is 10.1. The summed E-state index contributed by atoms with van der Waals surface area (Å²) in [6.45, 7) is 3.86. The number of fused-ring (bicyclic) bond motifs is 1. The number of benzene rings is 1. The first-order valence-electron chi connectivity index (χ1n) is 7.36. The minimum atomic E-state index is -0.256. The Balaban J connectivity index is 2.16. The first-order valence-corrected chi connectivity index (χ1v) is 7.36. The van der Waals surface area contributed by atoms with E-state index in [0.717, 1.165) is 11.3 Å². The third kappa shape index (κ3) is 2.48. The number of rotatable bonds is 4. The van der Waals surface area contributed by atoms with Crippen molar-refractivity contribution < 1.29 is 13.9 Å². The molecule has 0 bridgehead atoms. The standard InChI is InChI=1S/C16H17BN2O4/c1-4-10-9(2)19(17)15(20)14(21-3)13(10)23-16-18-11-7-5-6-8-12(11)22-16/h5-8H,4,17H2,1-3H3. The number of oxazole rings is 1. The highest BCUT2D eigenvalue weighted by Crippen LogP contribution is 2.35. The van der Waals surface area contributed by atoms with E-state index in [1.54, 1.807) is 12.5 Å². The minimum absolute atomic E-state index is 0.0897. The molecule has 2 heterocycles. The zero-order valence-corrected chi connectivity index (χ0v) is 13.5. The van der Waals surface area contributed by atoms with Crippen molar-refractivity contribution in [2.75, 3.05) is 7.11 Å². The first-order chi connectivity index (χ1) is 11.1. The molecule has 0 amide bonds. The summed E-state index contributed by atoms with van der Waals surface area (Å²) >= 11 is 0. The fourth-order valence-corrected chi connectivity index (χ4v) is 2.59. The van der Waals surface area contributed by atoms with E-state index < -0.39 is 0 Å². The van der Waals surface area contributed by atoms with Gasteiger partial charge in [0, 0.05) is 11.3 Å². The second-order valence-electron chi connectivity index (χ2n) is 5.19. The van der Waals surface area contributed by atoms with E-state index >= 15 is 0 Å². The van der Waals surface area contributed by atoms with Gasteiger partial charge in [0.2, 0.25) is 13.7 Å². The van der Waals surface area contributed by atoms with Crippen LogP contribution in [-0.2, 0) is 6.42 Å². The summed E-state index contributed by atoms with van der Waals surface area (Å²) in [4.78, 5) is 16.7. The Morgan fingerprint density at radius 1 is 1.30 bits per heavy atom. The van der Waals surface area contributed by atoms with Crippen molar-refractivity contribution in [3.63, 3.8) is 0 Å². The maximum Gasteiger partial charge on any atom is 0.400 e. The van der Waals surface area contributed by atoms with Gasteiger partial charge in [0.25, 0.3) is 5.56 Å². The van der Waals surface area contributed by atoms with Crippen LogP contribution in [0.3, 0.4) is 0 Å². The van der Waals surface area contributed by atoms with Crippen LogP contribution in [0.1, 0.15) is 18.2 Å². The van der Waals surface area contributed by atoms with Crippen molar-refractivity contribution in [3.8, 4) is 17.6 Å². The molecule has 23 heavy (non-hydrogen) atoms. The van der Waals surface area contributed by atoms with E-state index in [1.807, 2.05) is 38.1 Å². The van der Waals surface area contributed by atoms with Crippen LogP contribution >= 0.6 is 0 Å². The van der Waals surface area contributed by atoms with Gasteiger partial charge in [-0.1, -0.05) is 19.1 Å². The highest BCUT2D eigenvalue weighted by atomic mass is 16.6. The maximum atomic E-state index is 12.4. The lowest BCUT2D eigenvalue weighted by molar-refractivity contribution is 0.313. The van der Waals surface area contributed by atoms with Crippen molar-refractivity contribution in [2.45, 2.75) is 20.3 Å². The van der Waals surface area contributed by atoms with E-state index in [-0.39, 0.29) is 17.4 Å². The van der Waals surface area contributed by atoms with Gasteiger partial charge in [-0.05, 0) is 25.5 Å². The highest BCUT2D eigenvalue weighted by molar-refractivity contribution is 6.07. The van der Waals surface area contributed by atoms with E-state index in [1.165, 1.54) is 7.11 Å². The molecule has 6 nitrogen and oxygen atoms in total. The number of hydrogen-bond donors (Lipinski definition) is 0. The van der Waals surface area contributed by atoms with E-state index in [9.17, 15) is 4.79 Å². The van der Waals surface area contributed by atoms with Gasteiger partial charge >= 0.3 is 6.08 Å². The molecule has 0 fully saturated rings. The lowest BCUT2D eigenvalue weighted by Crippen LogP contribution is -2.24. The van der Waals surface area contributed by atoms with Crippen LogP contribution in [0.4, 0.5) is 0 Å². The van der Waals surface area contributed by atoms with Crippen molar-refractivity contribution in [1.29, 1.82) is 0 Å². The van der Waals surface area contributed by atoms with Crippen molar-refractivity contribution in [1.82, 2.24) is 9.46 Å². The molecule has 0 radical (unpaired) electrons. The molecule has 0 N–H and O–H groups in total. The Morgan fingerprint density at radius 3 is 2.70 bits per heavy atom. The van der Waals surface area contributed by atoms with Crippen molar-refractivity contribution >= 4 is 19.1 Å². The SMILES string of the molecule is Bn1c(C)c(CC)c(Oc2nc3ccccc3o2)c(OC)c1=O. The van der Waals surface area contributed by atoms with Crippen LogP contribution in [0, 0.1) is 6.92 Å². The zero-order valence-electron chi connectivity index (χ0n) is 13.5. The average Bonchev–Trinajstić information content (AvgIpc) is 2.96. The number of aromatic nitrogens is 2. The zero-order chi connectivity index (χ0) is 16.6. The van der Waals surface area contributed by atoms with Gasteiger partial charge in [-0.25, -0.2) is 0 Å². The Morgan fingerprint density at radius 2 is 2.04 bits per heavy atom. The van der Waals surface area contributed by atoms with Crippen molar-refractivity contribution in [2.24, 2.45) is 0 Å². The number of hydrogen-bond acceptors (Lipinski definition) is 5. The lowest BCUT2D eigenvalue weighted by Gasteiger charge is -2.17. The van der Waals surface area contributed by atoms with Crippen LogP contribution in [-0.4, -0.2) is 24.6 Å². The Kier molecular flexibility index (Phi) is 3.86. The molecule has 3 rings (SSSR count). The van der Waals surface area contributed by atoms with E-state index in [0.29, 0.717) is 23.3 Å². The third-order valence-electron chi connectivity index (χ3n) is 3.94. The smallest absolute Gasteiger partial charge is 0.400 e. The number of pyridine rings is 1. The average molecular weight is 312 g/mol. The van der Waals surface area contributed by atoms with Crippen LogP contribution in [0.25, 0.3) is 11.1 Å². The second kappa shape index (κ2) is 5.83. The van der Waals surface area contributed by atoms with Gasteiger partial charge in [-0.15, -0.1) is 0 Å². The number of para-hydroxylation sites is 2. The Bertz CT molecular complexity index is 897. The fourth-order valence-electron chi connectivity index (χ4n) is 2.59. The first kappa shape index (κ1) is 15.2. The molecule has 0 saturated heterocycles.